The van der Waals surface area contributed by atoms with Crippen LogP contribution in [-0.4, -0.2) is 78.5 Å². The third kappa shape index (κ3) is 19.3. The summed E-state index contributed by atoms with van der Waals surface area (Å²) in [7, 11) is -1.59. The van der Waals surface area contributed by atoms with Crippen LogP contribution in [-0.2, 0) is 39.7 Å². The van der Waals surface area contributed by atoms with Crippen LogP contribution in [0.25, 0.3) is 0 Å². The average Bonchev–Trinajstić information content (AvgIpc) is 2.68. The molecule has 0 atom stereocenters. The molecule has 1 aromatic heterocycles. The van der Waals surface area contributed by atoms with Crippen molar-refractivity contribution in [3.05, 3.63) is 30.1 Å². The van der Waals surface area contributed by atoms with Crippen LogP contribution in [0.3, 0.4) is 0 Å². The van der Waals surface area contributed by atoms with Gasteiger partial charge in [-0.25, -0.2) is 4.79 Å². The van der Waals surface area contributed by atoms with Crippen molar-refractivity contribution >= 4 is 31.2 Å². The fourth-order valence-corrected chi connectivity index (χ4v) is 2.10. The molecule has 16 heteroatoms. The van der Waals surface area contributed by atoms with Crippen LogP contribution in [0.15, 0.2) is 24.5 Å². The summed E-state index contributed by atoms with van der Waals surface area (Å²) in [6, 6.07) is 4.13. The standard InChI is InChI=1S/C10H15N3.C6H9BO6.C2HF3O2.Na/c1-2-10(8-12-3-1)9-13-6-4-11-5-7-13;1-4(8)11-7(12-5(2)9)13-6(3)10;3-2(4,5)1(6)7;/h1-3,8,11H,4-7,9H2;1-3H3;(H,6,7);/q;-1;;+1. The largest absolute Gasteiger partial charge is 1.00 e. The quantitative estimate of drug-likeness (QED) is 0.423. The summed E-state index contributed by atoms with van der Waals surface area (Å²) >= 11 is 0. The van der Waals surface area contributed by atoms with Gasteiger partial charge in [-0.1, -0.05) is 6.07 Å². The van der Waals surface area contributed by atoms with Gasteiger partial charge >= 0.3 is 49.0 Å². The predicted octanol–water partition coefficient (Wildman–Crippen LogP) is -2.22. The Balaban J connectivity index is 0. The molecule has 2 heterocycles. The first-order valence-corrected chi connectivity index (χ1v) is 9.45. The summed E-state index contributed by atoms with van der Waals surface area (Å²) in [4.78, 5) is 46.7. The van der Waals surface area contributed by atoms with Crippen LogP contribution in [0, 0.1) is 0 Å². The number of rotatable bonds is 5. The summed E-state index contributed by atoms with van der Waals surface area (Å²) in [6.45, 7) is 8.85. The van der Waals surface area contributed by atoms with E-state index >= 15 is 0 Å². The molecular weight excluding hydrogens is 477 g/mol. The first kappa shape index (κ1) is 34.0. The molecule has 1 radical (unpaired) electrons. The maximum absolute atomic E-state index is 10.6. The average molecular weight is 502 g/mol. The van der Waals surface area contributed by atoms with Crippen molar-refractivity contribution in [1.29, 1.82) is 0 Å². The van der Waals surface area contributed by atoms with Crippen molar-refractivity contribution in [3.8, 4) is 0 Å². The number of halogens is 3. The Bertz CT molecular complexity index is 731. The zero-order chi connectivity index (χ0) is 25.4. The van der Waals surface area contributed by atoms with Gasteiger partial charge < -0.3 is 24.4 Å². The van der Waals surface area contributed by atoms with Crippen LogP contribution >= 0.6 is 0 Å². The fourth-order valence-electron chi connectivity index (χ4n) is 2.10. The minimum absolute atomic E-state index is 0. The number of nitrogens with zero attached hydrogens (tertiary/aromatic N) is 2. The molecule has 2 rings (SSSR count). The van der Waals surface area contributed by atoms with E-state index in [-0.39, 0.29) is 29.6 Å². The number of hydrogen-bond donors (Lipinski definition) is 2. The molecule has 0 amide bonds. The van der Waals surface area contributed by atoms with Gasteiger partial charge in [-0.3, -0.25) is 24.3 Å². The van der Waals surface area contributed by atoms with Gasteiger partial charge in [0.1, 0.15) is 0 Å². The molecule has 11 nitrogen and oxygen atoms in total. The summed E-state index contributed by atoms with van der Waals surface area (Å²) in [5.74, 6) is -4.90. The number of carbonyl (C=O) groups excluding carboxylic acids is 3. The summed E-state index contributed by atoms with van der Waals surface area (Å²) in [6.07, 6.45) is -1.32. The molecule has 0 aromatic carbocycles. The zero-order valence-electron chi connectivity index (χ0n) is 19.3. The summed E-state index contributed by atoms with van der Waals surface area (Å²) in [5.41, 5.74) is 1.31. The molecule has 0 spiro atoms. The third-order valence-electron chi connectivity index (χ3n) is 3.37. The Kier molecular flexibility index (Phi) is 18.2. The van der Waals surface area contributed by atoms with Crippen LogP contribution in [0.4, 0.5) is 13.2 Å². The molecular formula is C18H25BF3N3NaO8. The minimum atomic E-state index is -5.08. The molecule has 185 valence electrons. The maximum Gasteiger partial charge on any atom is 1.00 e. The number of alkyl halides is 3. The minimum Gasteiger partial charge on any atom is -0.642 e. The van der Waals surface area contributed by atoms with Gasteiger partial charge in [0.2, 0.25) is 0 Å². The van der Waals surface area contributed by atoms with Crippen molar-refractivity contribution in [2.75, 3.05) is 26.2 Å². The number of nitrogens with one attached hydrogen (secondary N) is 1. The second-order valence-electron chi connectivity index (χ2n) is 6.31. The van der Waals surface area contributed by atoms with Crippen LogP contribution in [0.1, 0.15) is 26.3 Å². The molecule has 0 unspecified atom stereocenters. The molecule has 0 saturated carbocycles. The number of hydrogen-bond acceptors (Lipinski definition) is 10. The van der Waals surface area contributed by atoms with E-state index in [1.165, 1.54) is 5.56 Å². The van der Waals surface area contributed by atoms with Gasteiger partial charge in [-0.15, -0.1) is 0 Å². The van der Waals surface area contributed by atoms with E-state index in [1.54, 1.807) is 0 Å². The van der Waals surface area contributed by atoms with Crippen LogP contribution in [0.5, 0.6) is 0 Å². The number of carbonyl (C=O) groups is 4. The Morgan fingerprint density at radius 2 is 1.50 bits per heavy atom. The van der Waals surface area contributed by atoms with Gasteiger partial charge in [0, 0.05) is 65.9 Å². The first-order valence-electron chi connectivity index (χ1n) is 9.45. The number of pyridine rings is 1. The van der Waals surface area contributed by atoms with Crippen LogP contribution in [0.2, 0.25) is 0 Å². The molecule has 1 aliphatic heterocycles. The van der Waals surface area contributed by atoms with Crippen molar-refractivity contribution in [3.63, 3.8) is 0 Å². The Hall–Kier alpha value is -2.20. The normalized spacial score (nSPS) is 13.0. The number of aromatic nitrogens is 1. The predicted molar refractivity (Wildman–Crippen MR) is 107 cm³/mol. The molecule has 0 aliphatic carbocycles. The molecule has 2 N–H and O–H groups in total. The van der Waals surface area contributed by atoms with Crippen molar-refractivity contribution < 1.29 is 81.0 Å². The van der Waals surface area contributed by atoms with E-state index < -0.39 is 37.4 Å². The molecule has 1 fully saturated rings. The van der Waals surface area contributed by atoms with Gasteiger partial charge in [-0.2, -0.15) is 13.2 Å². The van der Waals surface area contributed by atoms with Gasteiger partial charge in [-0.05, 0) is 11.6 Å². The SMILES string of the molecule is CC(=O)O[B-](OC(C)=O)OC(C)=O.O=C(O)C(F)(F)F.[Na+].c1cncc(CN2CCNCC2)c1. The Morgan fingerprint density at radius 3 is 1.82 bits per heavy atom. The van der Waals surface area contributed by atoms with Crippen molar-refractivity contribution in [1.82, 2.24) is 15.2 Å². The fraction of sp³-hybridized carbons (Fsp3) is 0.500. The van der Waals surface area contributed by atoms with Crippen molar-refractivity contribution in [2.24, 2.45) is 0 Å². The van der Waals surface area contributed by atoms with E-state index in [4.69, 9.17) is 9.90 Å². The number of carboxylic acid groups (broad SMARTS) is 1. The Morgan fingerprint density at radius 1 is 1.06 bits per heavy atom. The smallest absolute Gasteiger partial charge is 0.642 e. The second-order valence-corrected chi connectivity index (χ2v) is 6.31. The summed E-state index contributed by atoms with van der Waals surface area (Å²) in [5, 5.41) is 10.5. The number of piperazine rings is 1. The molecule has 1 aliphatic rings. The topological polar surface area (TPSA) is 144 Å². The van der Waals surface area contributed by atoms with Gasteiger partial charge in [0.25, 0.3) is 17.9 Å². The van der Waals surface area contributed by atoms with E-state index in [9.17, 15) is 27.6 Å². The number of carboxylic acids is 1. The Labute approximate surface area is 216 Å². The monoisotopic (exact) mass is 502 g/mol. The third-order valence-corrected chi connectivity index (χ3v) is 3.37. The molecule has 0 bridgehead atoms. The zero-order valence-corrected chi connectivity index (χ0v) is 21.3. The molecule has 1 aromatic rings. The number of aliphatic carboxylic acids is 1. The van der Waals surface area contributed by atoms with Crippen molar-refractivity contribution in [2.45, 2.75) is 33.5 Å². The second kappa shape index (κ2) is 18.2. The first-order chi connectivity index (χ1) is 15.3. The van der Waals surface area contributed by atoms with Gasteiger partial charge in [0.05, 0.1) is 0 Å². The summed E-state index contributed by atoms with van der Waals surface area (Å²) < 4.78 is 44.8. The molecule has 34 heavy (non-hydrogen) atoms. The maximum atomic E-state index is 10.6. The van der Waals surface area contributed by atoms with E-state index in [0.29, 0.717) is 0 Å². The van der Waals surface area contributed by atoms with Crippen LogP contribution < -0.4 is 34.9 Å². The van der Waals surface area contributed by atoms with E-state index in [0.717, 1.165) is 53.5 Å². The van der Waals surface area contributed by atoms with E-state index in [1.807, 2.05) is 18.5 Å². The van der Waals surface area contributed by atoms with Gasteiger partial charge in [0.15, 0.2) is 0 Å². The molecule has 1 saturated heterocycles. The van der Waals surface area contributed by atoms with E-state index in [2.05, 4.69) is 35.2 Å².